The number of carbonyl (C=O) groups is 2. The van der Waals surface area contributed by atoms with E-state index in [-0.39, 0.29) is 29.3 Å². The second-order valence-electron chi connectivity index (χ2n) is 7.31. The van der Waals surface area contributed by atoms with Crippen molar-refractivity contribution in [1.29, 1.82) is 0 Å². The first-order chi connectivity index (χ1) is 12.1. The Morgan fingerprint density at radius 3 is 2.76 bits per heavy atom. The molecule has 1 spiro atoms. The fourth-order valence-electron chi connectivity index (χ4n) is 3.91. The highest BCUT2D eigenvalue weighted by atomic mass is 32.2. The van der Waals surface area contributed by atoms with Gasteiger partial charge in [-0.2, -0.15) is 0 Å². The van der Waals surface area contributed by atoms with E-state index < -0.39 is 0 Å². The van der Waals surface area contributed by atoms with Gasteiger partial charge in [0.15, 0.2) is 5.76 Å². The minimum atomic E-state index is -0.0256. The van der Waals surface area contributed by atoms with Crippen LogP contribution in [0.15, 0.2) is 16.7 Å². The third kappa shape index (κ3) is 3.31. The van der Waals surface area contributed by atoms with E-state index in [0.29, 0.717) is 5.76 Å². The second kappa shape index (κ2) is 6.68. The largest absolute Gasteiger partial charge is 0.459 e. The summed E-state index contributed by atoms with van der Waals surface area (Å²) < 4.78 is 11.3. The Kier molecular flexibility index (Phi) is 4.54. The maximum Gasteiger partial charge on any atom is 0.289 e. The van der Waals surface area contributed by atoms with Crippen LogP contribution >= 0.6 is 11.8 Å². The smallest absolute Gasteiger partial charge is 0.289 e. The van der Waals surface area contributed by atoms with Crippen LogP contribution in [-0.4, -0.2) is 71.0 Å². The average molecular weight is 364 g/mol. The van der Waals surface area contributed by atoms with Gasteiger partial charge in [-0.05, 0) is 32.3 Å². The Labute approximate surface area is 151 Å². The number of thioether (sulfide) groups is 1. The molecule has 0 aliphatic carbocycles. The van der Waals surface area contributed by atoms with Crippen molar-refractivity contribution in [2.75, 3.05) is 38.5 Å². The quantitative estimate of drug-likeness (QED) is 0.817. The van der Waals surface area contributed by atoms with E-state index in [2.05, 4.69) is 0 Å². The van der Waals surface area contributed by atoms with Gasteiger partial charge in [-0.1, -0.05) is 0 Å². The van der Waals surface area contributed by atoms with Gasteiger partial charge < -0.3 is 19.0 Å². The molecule has 136 valence electrons. The van der Waals surface area contributed by atoms with Crippen molar-refractivity contribution < 1.29 is 18.7 Å². The molecule has 0 bridgehead atoms. The third-order valence-corrected chi connectivity index (χ3v) is 6.95. The van der Waals surface area contributed by atoms with Gasteiger partial charge in [-0.15, -0.1) is 11.8 Å². The molecule has 1 atom stereocenters. The van der Waals surface area contributed by atoms with Gasteiger partial charge >= 0.3 is 0 Å². The Hall–Kier alpha value is -1.47. The van der Waals surface area contributed by atoms with Crippen molar-refractivity contribution in [1.82, 2.24) is 9.80 Å². The van der Waals surface area contributed by atoms with Crippen molar-refractivity contribution in [3.05, 3.63) is 23.7 Å². The lowest BCUT2D eigenvalue weighted by Crippen LogP contribution is -2.60. The zero-order valence-corrected chi connectivity index (χ0v) is 15.3. The molecule has 1 aromatic heterocycles. The first-order valence-electron chi connectivity index (χ1n) is 8.93. The topological polar surface area (TPSA) is 63.0 Å². The van der Waals surface area contributed by atoms with Gasteiger partial charge in [0.2, 0.25) is 5.91 Å². The molecule has 0 saturated carbocycles. The number of hydrogen-bond donors (Lipinski definition) is 0. The number of carbonyl (C=O) groups excluding carboxylic acids is 2. The molecule has 0 aromatic carbocycles. The summed E-state index contributed by atoms with van der Waals surface area (Å²) in [6.45, 7) is 5.28. The van der Waals surface area contributed by atoms with Crippen LogP contribution in [0.5, 0.6) is 0 Å². The highest BCUT2D eigenvalue weighted by Crippen LogP contribution is 2.46. The van der Waals surface area contributed by atoms with Gasteiger partial charge in [0, 0.05) is 37.5 Å². The molecule has 3 aliphatic rings. The summed E-state index contributed by atoms with van der Waals surface area (Å²) in [5.41, 5.74) is 0.881. The number of hydrogen-bond acceptors (Lipinski definition) is 5. The zero-order valence-electron chi connectivity index (χ0n) is 14.5. The molecular formula is C18H24N2O4S. The number of rotatable bonds is 4. The molecule has 2 amide bonds. The molecule has 0 radical (unpaired) electrons. The van der Waals surface area contributed by atoms with Crippen molar-refractivity contribution in [3.8, 4) is 0 Å². The summed E-state index contributed by atoms with van der Waals surface area (Å²) in [4.78, 5) is 28.3. The number of furan rings is 1. The van der Waals surface area contributed by atoms with Crippen LogP contribution in [0.4, 0.5) is 0 Å². The van der Waals surface area contributed by atoms with Gasteiger partial charge in [0.1, 0.15) is 6.61 Å². The summed E-state index contributed by atoms with van der Waals surface area (Å²) in [6, 6.07) is 1.81. The summed E-state index contributed by atoms with van der Waals surface area (Å²) >= 11 is 1.87. The fraction of sp³-hybridized carbons (Fsp3) is 0.667. The summed E-state index contributed by atoms with van der Waals surface area (Å²) in [6.07, 6.45) is 4.79. The van der Waals surface area contributed by atoms with E-state index in [1.165, 1.54) is 0 Å². The lowest BCUT2D eigenvalue weighted by Gasteiger charge is -2.47. The normalized spacial score (nSPS) is 24.8. The summed E-state index contributed by atoms with van der Waals surface area (Å²) in [5, 5.41) is 0. The predicted molar refractivity (Wildman–Crippen MR) is 94.7 cm³/mol. The standard InChI is InChI=1S/C18H24N2O4S/c1-13-4-7-23-16(13)17(22)20-11-18(12-20)8-14(10-25-18)24-9-15(21)19-5-2-3-6-19/h4,7,14H,2-3,5-6,8-12H2,1H3/t14-/m0/s1. The Balaban J connectivity index is 1.24. The number of likely N-dealkylation sites (tertiary alicyclic amines) is 2. The van der Waals surface area contributed by atoms with E-state index >= 15 is 0 Å². The minimum Gasteiger partial charge on any atom is -0.459 e. The van der Waals surface area contributed by atoms with Gasteiger partial charge in [-0.3, -0.25) is 9.59 Å². The molecule has 25 heavy (non-hydrogen) atoms. The molecule has 4 heterocycles. The average Bonchev–Trinajstić information content (AvgIpc) is 3.30. The van der Waals surface area contributed by atoms with E-state index in [1.54, 1.807) is 6.26 Å². The lowest BCUT2D eigenvalue weighted by molar-refractivity contribution is -0.136. The molecule has 1 aromatic rings. The fourth-order valence-corrected chi connectivity index (χ4v) is 5.46. The predicted octanol–water partition coefficient (Wildman–Crippen LogP) is 1.93. The Morgan fingerprint density at radius 2 is 2.08 bits per heavy atom. The van der Waals surface area contributed by atoms with Crippen molar-refractivity contribution in [2.24, 2.45) is 0 Å². The van der Waals surface area contributed by atoms with E-state index in [9.17, 15) is 9.59 Å². The van der Waals surface area contributed by atoms with Crippen LogP contribution in [0.2, 0.25) is 0 Å². The molecule has 0 unspecified atom stereocenters. The highest BCUT2D eigenvalue weighted by Gasteiger charge is 2.51. The molecule has 3 aliphatic heterocycles. The third-order valence-electron chi connectivity index (χ3n) is 5.38. The van der Waals surface area contributed by atoms with Crippen LogP contribution in [-0.2, 0) is 9.53 Å². The maximum absolute atomic E-state index is 12.4. The monoisotopic (exact) mass is 364 g/mol. The van der Waals surface area contributed by atoms with E-state index in [1.807, 2.05) is 34.6 Å². The molecular weight excluding hydrogens is 340 g/mol. The maximum atomic E-state index is 12.4. The number of ether oxygens (including phenoxy) is 1. The lowest BCUT2D eigenvalue weighted by atomic mass is 9.92. The molecule has 4 rings (SSSR count). The van der Waals surface area contributed by atoms with Crippen LogP contribution in [0, 0.1) is 6.92 Å². The zero-order chi connectivity index (χ0) is 17.4. The molecule has 0 N–H and O–H groups in total. The number of aryl methyl sites for hydroxylation is 1. The Bertz CT molecular complexity index is 662. The van der Waals surface area contributed by atoms with Crippen LogP contribution in [0.3, 0.4) is 0 Å². The van der Waals surface area contributed by atoms with E-state index in [4.69, 9.17) is 9.15 Å². The molecule has 6 nitrogen and oxygen atoms in total. The van der Waals surface area contributed by atoms with Gasteiger partial charge in [-0.25, -0.2) is 0 Å². The first kappa shape index (κ1) is 17.0. The van der Waals surface area contributed by atoms with Crippen LogP contribution in [0.1, 0.15) is 35.4 Å². The molecule has 7 heteroatoms. The van der Waals surface area contributed by atoms with Crippen LogP contribution in [0.25, 0.3) is 0 Å². The van der Waals surface area contributed by atoms with Crippen molar-refractivity contribution >= 4 is 23.6 Å². The number of nitrogens with zero attached hydrogens (tertiary/aromatic N) is 2. The summed E-state index contributed by atoms with van der Waals surface area (Å²) in [7, 11) is 0. The molecule has 3 saturated heterocycles. The number of amides is 2. The summed E-state index contributed by atoms with van der Waals surface area (Å²) in [5.74, 6) is 1.43. The second-order valence-corrected chi connectivity index (χ2v) is 8.80. The highest BCUT2D eigenvalue weighted by molar-refractivity contribution is 8.01. The Morgan fingerprint density at radius 1 is 1.32 bits per heavy atom. The SMILES string of the molecule is Cc1ccoc1C(=O)N1CC2(C[C@H](OCC(=O)N3CCCC3)CS2)C1. The van der Waals surface area contributed by atoms with Crippen molar-refractivity contribution in [2.45, 2.75) is 37.0 Å². The van der Waals surface area contributed by atoms with Gasteiger partial charge in [0.05, 0.1) is 17.1 Å². The van der Waals surface area contributed by atoms with Crippen LogP contribution < -0.4 is 0 Å². The van der Waals surface area contributed by atoms with Crippen molar-refractivity contribution in [3.63, 3.8) is 0 Å². The van der Waals surface area contributed by atoms with Gasteiger partial charge in [0.25, 0.3) is 5.91 Å². The van der Waals surface area contributed by atoms with E-state index in [0.717, 1.165) is 56.8 Å². The first-order valence-corrected chi connectivity index (χ1v) is 9.92. The molecule has 3 fully saturated rings. The minimum absolute atomic E-state index is 0.0256.